The van der Waals surface area contributed by atoms with Crippen LogP contribution in [-0.4, -0.2) is 35.6 Å². The normalized spacial score (nSPS) is 19.7. The predicted octanol–water partition coefficient (Wildman–Crippen LogP) is 1.71. The highest BCUT2D eigenvalue weighted by atomic mass is 19.4. The summed E-state index contributed by atoms with van der Waals surface area (Å²) in [5.41, 5.74) is 0.773. The SMILES string of the molecule is O=C1NC(Cc2ccccc2)C(=O)N1CC(F)(F)F. The molecule has 1 heterocycles. The number of amides is 3. The lowest BCUT2D eigenvalue weighted by molar-refractivity contribution is -0.153. The van der Waals surface area contributed by atoms with Crippen molar-refractivity contribution >= 4 is 11.9 Å². The molecule has 3 amide bonds. The van der Waals surface area contributed by atoms with Crippen molar-refractivity contribution in [1.29, 1.82) is 0 Å². The molecule has 102 valence electrons. The van der Waals surface area contributed by atoms with E-state index in [2.05, 4.69) is 5.32 Å². The molecule has 1 saturated heterocycles. The van der Waals surface area contributed by atoms with Crippen molar-refractivity contribution in [2.75, 3.05) is 6.54 Å². The van der Waals surface area contributed by atoms with Crippen LogP contribution in [-0.2, 0) is 11.2 Å². The Hall–Kier alpha value is -2.05. The number of hydrogen-bond acceptors (Lipinski definition) is 2. The van der Waals surface area contributed by atoms with Crippen LogP contribution in [0, 0.1) is 0 Å². The maximum atomic E-state index is 12.2. The van der Waals surface area contributed by atoms with Crippen LogP contribution in [0.5, 0.6) is 0 Å². The van der Waals surface area contributed by atoms with Gasteiger partial charge in [0.2, 0.25) is 0 Å². The molecule has 1 aliphatic heterocycles. The lowest BCUT2D eigenvalue weighted by atomic mass is 10.1. The van der Waals surface area contributed by atoms with Crippen LogP contribution in [0.2, 0.25) is 0 Å². The summed E-state index contributed by atoms with van der Waals surface area (Å²) >= 11 is 0. The van der Waals surface area contributed by atoms with Gasteiger partial charge < -0.3 is 5.32 Å². The molecule has 1 fully saturated rings. The monoisotopic (exact) mass is 272 g/mol. The summed E-state index contributed by atoms with van der Waals surface area (Å²) in [6.07, 6.45) is -4.41. The van der Waals surface area contributed by atoms with Crippen molar-refractivity contribution in [2.45, 2.75) is 18.6 Å². The van der Waals surface area contributed by atoms with Crippen molar-refractivity contribution in [3.8, 4) is 0 Å². The van der Waals surface area contributed by atoms with Gasteiger partial charge >= 0.3 is 12.2 Å². The molecule has 0 aliphatic carbocycles. The topological polar surface area (TPSA) is 49.4 Å². The maximum absolute atomic E-state index is 12.2. The molecule has 1 aromatic rings. The Kier molecular flexibility index (Phi) is 3.46. The average Bonchev–Trinajstić information content (AvgIpc) is 2.57. The van der Waals surface area contributed by atoms with E-state index in [-0.39, 0.29) is 11.3 Å². The molecule has 4 nitrogen and oxygen atoms in total. The Morgan fingerprint density at radius 2 is 1.79 bits per heavy atom. The molecule has 0 bridgehead atoms. The molecule has 0 radical (unpaired) electrons. The van der Waals surface area contributed by atoms with E-state index in [1.54, 1.807) is 30.3 Å². The highest BCUT2D eigenvalue weighted by molar-refractivity contribution is 6.04. The number of nitrogens with one attached hydrogen (secondary N) is 1. The molecular weight excluding hydrogens is 261 g/mol. The fraction of sp³-hybridized carbons (Fsp3) is 0.333. The standard InChI is InChI=1S/C12H11F3N2O2/c13-12(14,15)7-17-10(18)9(16-11(17)19)6-8-4-2-1-3-5-8/h1-5,9H,6-7H2,(H,16,19). The minimum Gasteiger partial charge on any atom is -0.325 e. The van der Waals surface area contributed by atoms with E-state index >= 15 is 0 Å². The summed E-state index contributed by atoms with van der Waals surface area (Å²) in [4.78, 5) is 23.3. The zero-order valence-corrected chi connectivity index (χ0v) is 9.78. The molecule has 1 aromatic carbocycles. The van der Waals surface area contributed by atoms with Crippen LogP contribution < -0.4 is 5.32 Å². The van der Waals surface area contributed by atoms with E-state index in [1.807, 2.05) is 0 Å². The van der Waals surface area contributed by atoms with Gasteiger partial charge in [0.15, 0.2) is 0 Å². The number of benzene rings is 1. The van der Waals surface area contributed by atoms with E-state index in [0.717, 1.165) is 5.56 Å². The van der Waals surface area contributed by atoms with Crippen LogP contribution in [0.3, 0.4) is 0 Å². The first-order valence-corrected chi connectivity index (χ1v) is 5.59. The minimum atomic E-state index is -4.59. The molecule has 19 heavy (non-hydrogen) atoms. The van der Waals surface area contributed by atoms with Gasteiger partial charge in [-0.1, -0.05) is 30.3 Å². The van der Waals surface area contributed by atoms with Crippen molar-refractivity contribution in [3.63, 3.8) is 0 Å². The van der Waals surface area contributed by atoms with Crippen LogP contribution in [0.1, 0.15) is 5.56 Å². The molecule has 0 saturated carbocycles. The van der Waals surface area contributed by atoms with E-state index in [1.165, 1.54) is 0 Å². The first-order chi connectivity index (χ1) is 8.87. The molecule has 1 aliphatic rings. The Morgan fingerprint density at radius 3 is 2.37 bits per heavy atom. The Labute approximate surface area is 107 Å². The van der Waals surface area contributed by atoms with Gasteiger partial charge in [-0.05, 0) is 5.56 Å². The molecule has 1 N–H and O–H groups in total. The quantitative estimate of drug-likeness (QED) is 0.852. The Balaban J connectivity index is 2.06. The van der Waals surface area contributed by atoms with E-state index < -0.39 is 30.7 Å². The van der Waals surface area contributed by atoms with Gasteiger partial charge in [-0.2, -0.15) is 13.2 Å². The number of hydrogen-bond donors (Lipinski definition) is 1. The number of carbonyl (C=O) groups is 2. The zero-order chi connectivity index (χ0) is 14.0. The van der Waals surface area contributed by atoms with Crippen molar-refractivity contribution in [3.05, 3.63) is 35.9 Å². The highest BCUT2D eigenvalue weighted by Crippen LogP contribution is 2.20. The van der Waals surface area contributed by atoms with E-state index in [4.69, 9.17) is 0 Å². The van der Waals surface area contributed by atoms with E-state index in [9.17, 15) is 22.8 Å². The summed E-state index contributed by atoms with van der Waals surface area (Å²) < 4.78 is 36.7. The van der Waals surface area contributed by atoms with Gasteiger partial charge in [0.25, 0.3) is 5.91 Å². The molecule has 2 rings (SSSR count). The third-order valence-electron chi connectivity index (χ3n) is 2.73. The Bertz CT molecular complexity index is 487. The van der Waals surface area contributed by atoms with Crippen LogP contribution in [0.25, 0.3) is 0 Å². The predicted molar refractivity (Wildman–Crippen MR) is 60.2 cm³/mol. The van der Waals surface area contributed by atoms with Crippen LogP contribution in [0.4, 0.5) is 18.0 Å². The molecular formula is C12H11F3N2O2. The van der Waals surface area contributed by atoms with Gasteiger partial charge in [0.1, 0.15) is 12.6 Å². The molecule has 7 heteroatoms. The summed E-state index contributed by atoms with van der Waals surface area (Å²) in [6, 6.07) is 6.85. The number of rotatable bonds is 3. The van der Waals surface area contributed by atoms with Gasteiger partial charge in [-0.15, -0.1) is 0 Å². The number of alkyl halides is 3. The van der Waals surface area contributed by atoms with Crippen molar-refractivity contribution in [2.24, 2.45) is 0 Å². The van der Waals surface area contributed by atoms with Gasteiger partial charge in [0.05, 0.1) is 0 Å². The second-order valence-corrected chi connectivity index (χ2v) is 4.23. The summed E-state index contributed by atoms with van der Waals surface area (Å²) in [6.45, 7) is -1.55. The lowest BCUT2D eigenvalue weighted by Gasteiger charge is -2.15. The number of imide groups is 1. The summed E-state index contributed by atoms with van der Waals surface area (Å²) in [5.74, 6) is -0.842. The van der Waals surface area contributed by atoms with Crippen molar-refractivity contribution < 1.29 is 22.8 Å². The van der Waals surface area contributed by atoms with Gasteiger partial charge in [0, 0.05) is 6.42 Å². The van der Waals surface area contributed by atoms with Gasteiger partial charge in [-0.3, -0.25) is 9.69 Å². The Morgan fingerprint density at radius 1 is 1.16 bits per heavy atom. The van der Waals surface area contributed by atoms with Gasteiger partial charge in [-0.25, -0.2) is 4.79 Å². The molecule has 0 spiro atoms. The summed E-state index contributed by atoms with van der Waals surface area (Å²) in [7, 11) is 0. The number of carbonyl (C=O) groups excluding carboxylic acids is 2. The molecule has 1 atom stereocenters. The summed E-state index contributed by atoms with van der Waals surface area (Å²) in [5, 5.41) is 2.26. The third kappa shape index (κ3) is 3.24. The highest BCUT2D eigenvalue weighted by Gasteiger charge is 2.43. The number of nitrogens with zero attached hydrogens (tertiary/aromatic N) is 1. The maximum Gasteiger partial charge on any atom is 0.406 e. The zero-order valence-electron chi connectivity index (χ0n) is 9.78. The molecule has 1 unspecified atom stereocenters. The fourth-order valence-corrected chi connectivity index (χ4v) is 1.89. The number of urea groups is 1. The molecule has 0 aromatic heterocycles. The largest absolute Gasteiger partial charge is 0.406 e. The second-order valence-electron chi connectivity index (χ2n) is 4.23. The van der Waals surface area contributed by atoms with Crippen LogP contribution >= 0.6 is 0 Å². The van der Waals surface area contributed by atoms with Crippen LogP contribution in [0.15, 0.2) is 30.3 Å². The third-order valence-corrected chi connectivity index (χ3v) is 2.73. The van der Waals surface area contributed by atoms with Crippen molar-refractivity contribution in [1.82, 2.24) is 10.2 Å². The number of halogens is 3. The first-order valence-electron chi connectivity index (χ1n) is 5.59. The second kappa shape index (κ2) is 4.91. The smallest absolute Gasteiger partial charge is 0.325 e. The fourth-order valence-electron chi connectivity index (χ4n) is 1.89. The van der Waals surface area contributed by atoms with E-state index in [0.29, 0.717) is 0 Å². The minimum absolute atomic E-state index is 0.180. The first kappa shape index (κ1) is 13.4. The average molecular weight is 272 g/mol. The lowest BCUT2D eigenvalue weighted by Crippen LogP contribution is -2.39.